The number of rotatable bonds is 6. The maximum Gasteiger partial charge on any atom is 0.335 e. The van der Waals surface area contributed by atoms with E-state index >= 15 is 0 Å². The molecule has 1 aromatic carbocycles. The van der Waals surface area contributed by atoms with E-state index in [4.69, 9.17) is 0 Å². The van der Waals surface area contributed by atoms with Crippen LogP contribution in [0.3, 0.4) is 0 Å². The van der Waals surface area contributed by atoms with Gasteiger partial charge in [0.2, 0.25) is 5.91 Å². The molecule has 0 bridgehead atoms. The molecule has 5 nitrogen and oxygen atoms in total. The van der Waals surface area contributed by atoms with E-state index in [9.17, 15) is 14.7 Å². The Balaban J connectivity index is 0.00000202. The van der Waals surface area contributed by atoms with Gasteiger partial charge in [0.1, 0.15) is 0 Å². The topological polar surface area (TPSA) is 78.4 Å². The van der Waals surface area contributed by atoms with Gasteiger partial charge in [0, 0.05) is 11.6 Å². The van der Waals surface area contributed by atoms with Crippen molar-refractivity contribution in [1.29, 1.82) is 0 Å². The van der Waals surface area contributed by atoms with E-state index in [-0.39, 0.29) is 22.9 Å². The largest absolute Gasteiger partial charge is 0.478 e. The molecule has 5 aliphatic rings. The van der Waals surface area contributed by atoms with E-state index in [2.05, 4.69) is 116 Å². The van der Waals surface area contributed by atoms with Crippen molar-refractivity contribution in [2.24, 2.45) is 45.8 Å². The molecular weight excluding hydrogens is 677 g/mol. The highest BCUT2D eigenvalue weighted by Crippen LogP contribution is 2.73. The van der Waals surface area contributed by atoms with Crippen LogP contribution in [0.25, 0.3) is 0 Å². The molecule has 0 aliphatic heterocycles. The Morgan fingerprint density at radius 2 is 1.27 bits per heavy atom. The SMILES string of the molecule is C#C.C#C.C#C.C#C.CC.CC(C)NC(=O)CN[C@]12CCCC1[C@H]1CCC3[C@@](C)(CCC4C(C)(C)[C@@H](c5ccc(C(=O)O)cc5)CC[C@@]43C)C1CC2.CCC. The summed E-state index contributed by atoms with van der Waals surface area (Å²) in [5.74, 6) is 3.56. The Morgan fingerprint density at radius 3 is 1.80 bits per heavy atom. The molecule has 4 unspecified atom stereocenters. The number of hydrogen-bond donors (Lipinski definition) is 3. The molecule has 306 valence electrons. The molecule has 55 heavy (non-hydrogen) atoms. The van der Waals surface area contributed by atoms with E-state index < -0.39 is 5.97 Å². The molecule has 0 spiro atoms. The van der Waals surface area contributed by atoms with Gasteiger partial charge in [0.05, 0.1) is 12.1 Å². The highest BCUT2D eigenvalue weighted by Gasteiger charge is 2.66. The summed E-state index contributed by atoms with van der Waals surface area (Å²) in [5, 5.41) is 16.4. The van der Waals surface area contributed by atoms with E-state index in [1.54, 1.807) is 12.1 Å². The first kappa shape index (κ1) is 51.4. The molecule has 5 saturated carbocycles. The molecule has 3 N–H and O–H groups in total. The zero-order valence-corrected chi connectivity index (χ0v) is 36.4. The minimum absolute atomic E-state index is 0.144. The molecule has 6 rings (SSSR count). The predicted octanol–water partition coefficient (Wildman–Crippen LogP) is 11.2. The highest BCUT2D eigenvalue weighted by molar-refractivity contribution is 5.87. The summed E-state index contributed by atoms with van der Waals surface area (Å²) in [6.07, 6.45) is 47.5. The third kappa shape index (κ3) is 10.8. The van der Waals surface area contributed by atoms with Crippen LogP contribution >= 0.6 is 0 Å². The molecular formula is C50H78N2O3. The number of hydrogen-bond acceptors (Lipinski definition) is 3. The van der Waals surface area contributed by atoms with Crippen molar-refractivity contribution >= 4 is 11.9 Å². The molecule has 0 heterocycles. The molecule has 0 radical (unpaired) electrons. The van der Waals surface area contributed by atoms with Crippen LogP contribution in [0.1, 0.15) is 168 Å². The number of fused-ring (bicyclic) bond motifs is 7. The Kier molecular flexibility index (Phi) is 21.9. The number of carboxylic acid groups (broad SMARTS) is 1. The number of terminal acetylenes is 4. The first-order valence-electron chi connectivity index (χ1n) is 20.9. The summed E-state index contributed by atoms with van der Waals surface area (Å²) >= 11 is 0. The fraction of sp³-hybridized carbons (Fsp3) is 0.680. The number of benzene rings is 1. The zero-order valence-electron chi connectivity index (χ0n) is 36.4. The zero-order chi connectivity index (χ0) is 42.8. The van der Waals surface area contributed by atoms with Gasteiger partial charge in [0.15, 0.2) is 0 Å². The van der Waals surface area contributed by atoms with Crippen LogP contribution in [0.15, 0.2) is 24.3 Å². The van der Waals surface area contributed by atoms with Crippen LogP contribution in [0.2, 0.25) is 0 Å². The molecule has 5 aliphatic carbocycles. The number of carbonyl (C=O) groups is 2. The molecule has 5 fully saturated rings. The van der Waals surface area contributed by atoms with E-state index in [0.717, 1.165) is 17.8 Å². The Bertz CT molecular complexity index is 1360. The summed E-state index contributed by atoms with van der Waals surface area (Å²) in [6.45, 7) is 23.2. The van der Waals surface area contributed by atoms with Gasteiger partial charge in [-0.3, -0.25) is 4.79 Å². The van der Waals surface area contributed by atoms with Gasteiger partial charge in [-0.2, -0.15) is 0 Å². The van der Waals surface area contributed by atoms with Crippen LogP contribution in [0.5, 0.6) is 0 Å². The van der Waals surface area contributed by atoms with E-state index in [1.165, 1.54) is 82.6 Å². The average molecular weight is 755 g/mol. The van der Waals surface area contributed by atoms with Gasteiger partial charge >= 0.3 is 5.97 Å². The lowest BCUT2D eigenvalue weighted by Gasteiger charge is -2.69. The third-order valence-corrected chi connectivity index (χ3v) is 14.2. The maximum absolute atomic E-state index is 12.6. The fourth-order valence-corrected chi connectivity index (χ4v) is 12.6. The quantitative estimate of drug-likeness (QED) is 0.253. The standard InChI is InChI=1S/C37H56N2O3.C3H8.C2H6.4C2H2/c1-23(2)39-32(40)22-38-37-18-7-8-29(37)26-13-14-31-35(5,28(26)16-21-37)20-17-30-34(3,4)27(15-19-36(30,31)6)24-9-11-25(12-10-24)33(41)42;1-3-2;5*1-2/h9-12,23,26-31,38H,7-8,13-22H2,1-6H3,(H,39,40)(H,41,42);3H2,1-2H3;1-2H3;4*1-2H/t26-,27+,28?,29?,30?,31?,35-,36-,37-;;;;;;/m0....../s1. The summed E-state index contributed by atoms with van der Waals surface area (Å²) in [6, 6.07) is 7.98. The lowest BCUT2D eigenvalue weighted by molar-refractivity contribution is -0.195. The van der Waals surface area contributed by atoms with Crippen molar-refractivity contribution in [2.45, 2.75) is 164 Å². The Labute approximate surface area is 339 Å². The van der Waals surface area contributed by atoms with Gasteiger partial charge in [-0.25, -0.2) is 4.79 Å². The van der Waals surface area contributed by atoms with Crippen molar-refractivity contribution < 1.29 is 14.7 Å². The Morgan fingerprint density at radius 1 is 0.727 bits per heavy atom. The second kappa shape index (κ2) is 23.4. The van der Waals surface area contributed by atoms with Crippen molar-refractivity contribution in [3.8, 4) is 51.4 Å². The number of amides is 1. The van der Waals surface area contributed by atoms with Crippen LogP contribution in [0.4, 0.5) is 0 Å². The summed E-state index contributed by atoms with van der Waals surface area (Å²) < 4.78 is 0. The average Bonchev–Trinajstić information content (AvgIpc) is 3.63. The summed E-state index contributed by atoms with van der Waals surface area (Å²) in [5.41, 5.74) is 2.82. The lowest BCUT2D eigenvalue weighted by Crippen LogP contribution is -2.64. The van der Waals surface area contributed by atoms with Crippen molar-refractivity contribution in [3.63, 3.8) is 0 Å². The number of nitrogens with one attached hydrogen (secondary N) is 2. The fourth-order valence-electron chi connectivity index (χ4n) is 12.6. The van der Waals surface area contributed by atoms with Crippen LogP contribution < -0.4 is 10.6 Å². The van der Waals surface area contributed by atoms with Gasteiger partial charge in [-0.15, -0.1) is 51.4 Å². The smallest absolute Gasteiger partial charge is 0.335 e. The first-order valence-corrected chi connectivity index (χ1v) is 20.9. The van der Waals surface area contributed by atoms with E-state index in [1.807, 2.05) is 27.7 Å². The van der Waals surface area contributed by atoms with Crippen molar-refractivity contribution in [3.05, 3.63) is 35.4 Å². The highest BCUT2D eigenvalue weighted by atomic mass is 16.4. The number of carboxylic acids is 1. The second-order valence-electron chi connectivity index (χ2n) is 17.3. The van der Waals surface area contributed by atoms with Crippen LogP contribution in [-0.4, -0.2) is 35.1 Å². The van der Waals surface area contributed by atoms with Crippen LogP contribution in [-0.2, 0) is 4.79 Å². The summed E-state index contributed by atoms with van der Waals surface area (Å²) in [4.78, 5) is 24.0. The normalized spacial score (nSPS) is 32.8. The molecule has 9 atom stereocenters. The van der Waals surface area contributed by atoms with Crippen molar-refractivity contribution in [2.75, 3.05) is 6.54 Å². The lowest BCUT2D eigenvalue weighted by atomic mass is 9.35. The minimum atomic E-state index is -0.843. The second-order valence-corrected chi connectivity index (χ2v) is 17.3. The molecule has 5 heteroatoms. The van der Waals surface area contributed by atoms with Crippen LogP contribution in [0, 0.1) is 97.2 Å². The molecule has 0 saturated heterocycles. The third-order valence-electron chi connectivity index (χ3n) is 14.2. The van der Waals surface area contributed by atoms with Crippen molar-refractivity contribution in [1.82, 2.24) is 10.6 Å². The van der Waals surface area contributed by atoms with E-state index in [0.29, 0.717) is 40.7 Å². The van der Waals surface area contributed by atoms with Gasteiger partial charge in [-0.1, -0.05) is 80.4 Å². The van der Waals surface area contributed by atoms with Gasteiger partial charge < -0.3 is 15.7 Å². The monoisotopic (exact) mass is 755 g/mol. The molecule has 1 aromatic rings. The first-order chi connectivity index (χ1) is 26.2. The Hall–Kier alpha value is -3.64. The molecule has 1 amide bonds. The van der Waals surface area contributed by atoms with Gasteiger partial charge in [-0.05, 0) is 148 Å². The minimum Gasteiger partial charge on any atom is -0.478 e. The predicted molar refractivity (Wildman–Crippen MR) is 235 cm³/mol. The summed E-state index contributed by atoms with van der Waals surface area (Å²) in [7, 11) is 0. The van der Waals surface area contributed by atoms with Gasteiger partial charge in [0.25, 0.3) is 0 Å². The number of aromatic carboxylic acids is 1. The molecule has 0 aromatic heterocycles. The number of carbonyl (C=O) groups excluding carboxylic acids is 1. The maximum atomic E-state index is 12.6.